The summed E-state index contributed by atoms with van der Waals surface area (Å²) in [6.45, 7) is 3.14. The Bertz CT molecular complexity index is 774. The lowest BCUT2D eigenvalue weighted by atomic mass is 10.1. The standard InChI is InChI=1S/C17H17FN2OS/c1-12-8-17(15-9-14(18)2-3-16(15)19-12)20(5-6-21)10-13-4-7-22-11-13/h2-4,7-9,11,21H,5-6,10H2,1H3. The van der Waals surface area contributed by atoms with Crippen molar-refractivity contribution in [1.82, 2.24) is 4.98 Å². The first kappa shape index (κ1) is 14.9. The van der Waals surface area contributed by atoms with Gasteiger partial charge in [-0.05, 0) is 53.6 Å². The van der Waals surface area contributed by atoms with E-state index in [1.165, 1.54) is 17.7 Å². The molecule has 0 atom stereocenters. The van der Waals surface area contributed by atoms with E-state index >= 15 is 0 Å². The Labute approximate surface area is 132 Å². The molecule has 5 heteroatoms. The molecule has 114 valence electrons. The van der Waals surface area contributed by atoms with Crippen molar-refractivity contribution in [1.29, 1.82) is 0 Å². The van der Waals surface area contributed by atoms with Crippen molar-refractivity contribution in [3.63, 3.8) is 0 Å². The van der Waals surface area contributed by atoms with Gasteiger partial charge in [0.05, 0.1) is 12.1 Å². The molecule has 0 radical (unpaired) electrons. The van der Waals surface area contributed by atoms with Crippen LogP contribution in [-0.4, -0.2) is 23.2 Å². The summed E-state index contributed by atoms with van der Waals surface area (Å²) in [6.07, 6.45) is 0. The first-order valence-corrected chi connectivity index (χ1v) is 8.05. The van der Waals surface area contributed by atoms with E-state index < -0.39 is 0 Å². The molecule has 0 saturated heterocycles. The predicted molar refractivity (Wildman–Crippen MR) is 88.9 cm³/mol. The predicted octanol–water partition coefficient (Wildman–Crippen LogP) is 3.74. The van der Waals surface area contributed by atoms with E-state index in [-0.39, 0.29) is 12.4 Å². The average Bonchev–Trinajstić information content (AvgIpc) is 2.99. The summed E-state index contributed by atoms with van der Waals surface area (Å²) >= 11 is 1.64. The molecule has 3 nitrogen and oxygen atoms in total. The maximum Gasteiger partial charge on any atom is 0.124 e. The molecule has 3 rings (SSSR count). The number of anilines is 1. The fourth-order valence-electron chi connectivity index (χ4n) is 2.58. The van der Waals surface area contributed by atoms with Crippen molar-refractivity contribution in [3.8, 4) is 0 Å². The van der Waals surface area contributed by atoms with Gasteiger partial charge in [0.15, 0.2) is 0 Å². The lowest BCUT2D eigenvalue weighted by Gasteiger charge is -2.25. The summed E-state index contributed by atoms with van der Waals surface area (Å²) in [7, 11) is 0. The molecule has 0 aliphatic heterocycles. The Morgan fingerprint density at radius 3 is 2.86 bits per heavy atom. The molecule has 0 aliphatic carbocycles. The summed E-state index contributed by atoms with van der Waals surface area (Å²) in [5, 5.41) is 14.3. The second kappa shape index (κ2) is 6.42. The average molecular weight is 316 g/mol. The Kier molecular flexibility index (Phi) is 4.36. The number of rotatable bonds is 5. The molecule has 3 aromatic rings. The second-order valence-corrected chi connectivity index (χ2v) is 6.00. The van der Waals surface area contributed by atoms with Gasteiger partial charge in [0.2, 0.25) is 0 Å². The third-order valence-electron chi connectivity index (χ3n) is 3.54. The number of aliphatic hydroxyl groups excluding tert-OH is 1. The van der Waals surface area contributed by atoms with Gasteiger partial charge >= 0.3 is 0 Å². The minimum Gasteiger partial charge on any atom is -0.395 e. The molecule has 0 saturated carbocycles. The van der Waals surface area contributed by atoms with Crippen molar-refractivity contribution in [2.75, 3.05) is 18.1 Å². The van der Waals surface area contributed by atoms with E-state index in [0.29, 0.717) is 13.1 Å². The van der Waals surface area contributed by atoms with Gasteiger partial charge in [-0.25, -0.2) is 4.39 Å². The SMILES string of the molecule is Cc1cc(N(CCO)Cc2ccsc2)c2cc(F)ccc2n1. The quantitative estimate of drug-likeness (QED) is 0.779. The zero-order valence-corrected chi connectivity index (χ0v) is 13.1. The molecule has 0 bridgehead atoms. The van der Waals surface area contributed by atoms with Gasteiger partial charge in [0.1, 0.15) is 5.82 Å². The third kappa shape index (κ3) is 3.10. The Morgan fingerprint density at radius 2 is 2.14 bits per heavy atom. The Hall–Kier alpha value is -1.98. The van der Waals surface area contributed by atoms with Gasteiger partial charge in [-0.15, -0.1) is 0 Å². The number of benzene rings is 1. The van der Waals surface area contributed by atoms with E-state index in [2.05, 4.69) is 21.3 Å². The summed E-state index contributed by atoms with van der Waals surface area (Å²) < 4.78 is 13.6. The van der Waals surface area contributed by atoms with E-state index in [4.69, 9.17) is 0 Å². The number of nitrogens with zero attached hydrogens (tertiary/aromatic N) is 2. The first-order valence-electron chi connectivity index (χ1n) is 7.11. The largest absolute Gasteiger partial charge is 0.395 e. The van der Waals surface area contributed by atoms with Crippen molar-refractivity contribution < 1.29 is 9.50 Å². The zero-order valence-electron chi connectivity index (χ0n) is 12.3. The van der Waals surface area contributed by atoms with Gasteiger partial charge < -0.3 is 10.0 Å². The van der Waals surface area contributed by atoms with Crippen LogP contribution >= 0.6 is 11.3 Å². The minimum atomic E-state index is -0.279. The normalized spacial score (nSPS) is 11.0. The Morgan fingerprint density at radius 1 is 1.27 bits per heavy atom. The number of hydrogen-bond acceptors (Lipinski definition) is 4. The molecule has 1 aromatic carbocycles. The summed E-state index contributed by atoms with van der Waals surface area (Å²) in [5.74, 6) is -0.279. The topological polar surface area (TPSA) is 36.4 Å². The highest BCUT2D eigenvalue weighted by atomic mass is 32.1. The van der Waals surface area contributed by atoms with E-state index in [9.17, 15) is 9.50 Å². The van der Waals surface area contributed by atoms with Crippen LogP contribution in [0.4, 0.5) is 10.1 Å². The van der Waals surface area contributed by atoms with Crippen molar-refractivity contribution in [2.24, 2.45) is 0 Å². The number of pyridine rings is 1. The molecule has 0 aliphatic rings. The summed E-state index contributed by atoms with van der Waals surface area (Å²) in [4.78, 5) is 6.53. The number of hydrogen-bond donors (Lipinski definition) is 1. The van der Waals surface area contributed by atoms with E-state index in [1.54, 1.807) is 17.4 Å². The Balaban J connectivity index is 2.09. The van der Waals surface area contributed by atoms with E-state index in [0.717, 1.165) is 22.3 Å². The number of thiophene rings is 1. The molecule has 2 aromatic heterocycles. The monoisotopic (exact) mass is 316 g/mol. The van der Waals surface area contributed by atoms with E-state index in [1.807, 2.05) is 18.4 Å². The van der Waals surface area contributed by atoms with Crippen LogP contribution in [0.15, 0.2) is 41.1 Å². The molecule has 0 fully saturated rings. The summed E-state index contributed by atoms with van der Waals surface area (Å²) in [6, 6.07) is 8.64. The third-order valence-corrected chi connectivity index (χ3v) is 4.27. The first-order chi connectivity index (χ1) is 10.7. The molecule has 2 heterocycles. The van der Waals surface area contributed by atoms with Gasteiger partial charge in [-0.2, -0.15) is 11.3 Å². The highest BCUT2D eigenvalue weighted by Crippen LogP contribution is 2.29. The highest BCUT2D eigenvalue weighted by Gasteiger charge is 2.13. The minimum absolute atomic E-state index is 0.0440. The molecule has 0 amide bonds. The molecule has 22 heavy (non-hydrogen) atoms. The molecule has 0 unspecified atom stereocenters. The molecule has 0 spiro atoms. The van der Waals surface area contributed by atoms with Crippen LogP contribution in [0, 0.1) is 12.7 Å². The molecular weight excluding hydrogens is 299 g/mol. The zero-order chi connectivity index (χ0) is 15.5. The van der Waals surface area contributed by atoms with Gasteiger partial charge in [-0.1, -0.05) is 0 Å². The van der Waals surface area contributed by atoms with Crippen LogP contribution < -0.4 is 4.90 Å². The highest BCUT2D eigenvalue weighted by molar-refractivity contribution is 7.07. The maximum atomic E-state index is 13.6. The molecule has 1 N–H and O–H groups in total. The molecular formula is C17H17FN2OS. The van der Waals surface area contributed by atoms with Crippen LogP contribution in [0.2, 0.25) is 0 Å². The van der Waals surface area contributed by atoms with Crippen molar-refractivity contribution in [2.45, 2.75) is 13.5 Å². The summed E-state index contributed by atoms with van der Waals surface area (Å²) in [5.41, 5.74) is 3.73. The number of halogens is 1. The second-order valence-electron chi connectivity index (χ2n) is 5.22. The van der Waals surface area contributed by atoms with Crippen LogP contribution in [-0.2, 0) is 6.54 Å². The number of aromatic nitrogens is 1. The van der Waals surface area contributed by atoms with Crippen LogP contribution in [0.1, 0.15) is 11.3 Å². The van der Waals surface area contributed by atoms with Crippen LogP contribution in [0.5, 0.6) is 0 Å². The van der Waals surface area contributed by atoms with Crippen molar-refractivity contribution in [3.05, 3.63) is 58.2 Å². The fraction of sp³-hybridized carbons (Fsp3) is 0.235. The number of fused-ring (bicyclic) bond motifs is 1. The number of aryl methyl sites for hydroxylation is 1. The number of aliphatic hydroxyl groups is 1. The maximum absolute atomic E-state index is 13.6. The van der Waals surface area contributed by atoms with Gasteiger partial charge in [0, 0.05) is 29.9 Å². The lowest BCUT2D eigenvalue weighted by Crippen LogP contribution is -2.26. The van der Waals surface area contributed by atoms with Crippen LogP contribution in [0.25, 0.3) is 10.9 Å². The van der Waals surface area contributed by atoms with Gasteiger partial charge in [-0.3, -0.25) is 4.98 Å². The smallest absolute Gasteiger partial charge is 0.124 e. The lowest BCUT2D eigenvalue weighted by molar-refractivity contribution is 0.301. The van der Waals surface area contributed by atoms with Gasteiger partial charge in [0.25, 0.3) is 0 Å². The van der Waals surface area contributed by atoms with Crippen molar-refractivity contribution >= 4 is 27.9 Å². The van der Waals surface area contributed by atoms with Crippen LogP contribution in [0.3, 0.4) is 0 Å². The fourth-order valence-corrected chi connectivity index (χ4v) is 3.24.